The Labute approximate surface area is 192 Å². The molecule has 1 aromatic carbocycles. The summed E-state index contributed by atoms with van der Waals surface area (Å²) in [4.78, 5) is 8.50. The van der Waals surface area contributed by atoms with Crippen molar-refractivity contribution in [2.45, 2.75) is 52.1 Å². The van der Waals surface area contributed by atoms with Crippen molar-refractivity contribution in [3.05, 3.63) is 62.9 Å². The third-order valence-electron chi connectivity index (χ3n) is 5.15. The van der Waals surface area contributed by atoms with Crippen LogP contribution in [0.15, 0.2) is 57.1 Å². The molecule has 1 unspecified atom stereocenters. The SMILES string of the molecule is COC(/C=C1\CC(Nc2ccc(Cl)c(Cl)c2F)=NC=N1)=C(/C)OC1CCC=C(C)CC1. The van der Waals surface area contributed by atoms with Crippen molar-refractivity contribution >= 4 is 41.1 Å². The molecule has 8 heteroatoms. The largest absolute Gasteiger partial charge is 0.493 e. The van der Waals surface area contributed by atoms with Crippen molar-refractivity contribution in [3.8, 4) is 0 Å². The number of allylic oxidation sites excluding steroid dienone is 4. The van der Waals surface area contributed by atoms with Crippen molar-refractivity contribution in [1.29, 1.82) is 0 Å². The molecule has 31 heavy (non-hydrogen) atoms. The number of benzene rings is 1. The van der Waals surface area contributed by atoms with E-state index in [1.165, 1.54) is 24.0 Å². The molecular weight excluding hydrogens is 440 g/mol. The second-order valence-corrected chi connectivity index (χ2v) is 8.30. The van der Waals surface area contributed by atoms with E-state index in [9.17, 15) is 4.39 Å². The Morgan fingerprint density at radius 3 is 2.87 bits per heavy atom. The summed E-state index contributed by atoms with van der Waals surface area (Å²) in [5.74, 6) is 1.21. The van der Waals surface area contributed by atoms with E-state index in [4.69, 9.17) is 32.7 Å². The van der Waals surface area contributed by atoms with Crippen LogP contribution in [0.1, 0.15) is 46.0 Å². The lowest BCUT2D eigenvalue weighted by Crippen LogP contribution is -2.17. The summed E-state index contributed by atoms with van der Waals surface area (Å²) in [5.41, 5.74) is 2.31. The molecular formula is C23H26Cl2FN3O2. The summed E-state index contributed by atoms with van der Waals surface area (Å²) in [7, 11) is 1.60. The average molecular weight is 466 g/mol. The monoisotopic (exact) mass is 465 g/mol. The number of anilines is 1. The van der Waals surface area contributed by atoms with Gasteiger partial charge in [-0.3, -0.25) is 0 Å². The molecule has 5 nitrogen and oxygen atoms in total. The molecule has 1 aliphatic heterocycles. The van der Waals surface area contributed by atoms with Crippen LogP contribution in [0.4, 0.5) is 10.1 Å². The highest BCUT2D eigenvalue weighted by Gasteiger charge is 2.17. The predicted octanol–water partition coefficient (Wildman–Crippen LogP) is 7.04. The predicted molar refractivity (Wildman–Crippen MR) is 125 cm³/mol. The van der Waals surface area contributed by atoms with Crippen LogP contribution < -0.4 is 5.32 Å². The van der Waals surface area contributed by atoms with Crippen LogP contribution >= 0.6 is 23.2 Å². The van der Waals surface area contributed by atoms with Crippen molar-refractivity contribution in [1.82, 2.24) is 0 Å². The van der Waals surface area contributed by atoms with E-state index in [2.05, 4.69) is 28.3 Å². The second-order valence-electron chi connectivity index (χ2n) is 7.51. The Kier molecular flexibility index (Phi) is 8.15. The summed E-state index contributed by atoms with van der Waals surface area (Å²) < 4.78 is 26.1. The number of amidine groups is 1. The zero-order valence-corrected chi connectivity index (χ0v) is 19.4. The van der Waals surface area contributed by atoms with Crippen molar-refractivity contribution < 1.29 is 13.9 Å². The molecule has 1 atom stereocenters. The smallest absolute Gasteiger partial charge is 0.166 e. The zero-order valence-electron chi connectivity index (χ0n) is 17.8. The normalized spacial score (nSPS) is 21.1. The lowest BCUT2D eigenvalue weighted by atomic mass is 10.1. The number of nitrogens with one attached hydrogen (secondary N) is 1. The van der Waals surface area contributed by atoms with E-state index < -0.39 is 5.82 Å². The lowest BCUT2D eigenvalue weighted by molar-refractivity contribution is 0.0919. The Bertz CT molecular complexity index is 983. The van der Waals surface area contributed by atoms with Gasteiger partial charge in [0.15, 0.2) is 11.6 Å². The van der Waals surface area contributed by atoms with Crippen molar-refractivity contribution in [3.63, 3.8) is 0 Å². The van der Waals surface area contributed by atoms with Crippen LogP contribution in [-0.2, 0) is 9.47 Å². The number of rotatable bonds is 5. The molecule has 0 amide bonds. The van der Waals surface area contributed by atoms with Gasteiger partial charge in [-0.1, -0.05) is 34.9 Å². The topological polar surface area (TPSA) is 55.2 Å². The molecule has 166 valence electrons. The minimum Gasteiger partial charge on any atom is -0.493 e. The van der Waals surface area contributed by atoms with Gasteiger partial charge in [0.2, 0.25) is 0 Å². The average Bonchev–Trinajstić information content (AvgIpc) is 2.96. The van der Waals surface area contributed by atoms with E-state index >= 15 is 0 Å². The molecule has 1 aliphatic carbocycles. The summed E-state index contributed by atoms with van der Waals surface area (Å²) >= 11 is 11.7. The van der Waals surface area contributed by atoms with Gasteiger partial charge in [-0.25, -0.2) is 14.4 Å². The van der Waals surface area contributed by atoms with Crippen LogP contribution in [0.2, 0.25) is 10.0 Å². The first-order chi connectivity index (χ1) is 14.9. The molecule has 0 aromatic heterocycles. The van der Waals surface area contributed by atoms with E-state index in [0.29, 0.717) is 29.5 Å². The van der Waals surface area contributed by atoms with E-state index in [0.717, 1.165) is 25.7 Å². The molecule has 0 saturated heterocycles. The van der Waals surface area contributed by atoms with Crippen molar-refractivity contribution in [2.24, 2.45) is 9.98 Å². The summed E-state index contributed by atoms with van der Waals surface area (Å²) in [6.07, 6.45) is 10.1. The number of halogens is 3. The fraction of sp³-hybridized carbons (Fsp3) is 0.391. The van der Waals surface area contributed by atoms with Gasteiger partial charge in [-0.05, 0) is 51.7 Å². The van der Waals surface area contributed by atoms with Gasteiger partial charge in [0, 0.05) is 12.5 Å². The third kappa shape index (κ3) is 6.34. The zero-order chi connectivity index (χ0) is 22.4. The molecule has 0 bridgehead atoms. The van der Waals surface area contributed by atoms with Crippen LogP contribution in [0.3, 0.4) is 0 Å². The number of aliphatic imine (C=N–C) groups is 2. The summed E-state index contributed by atoms with van der Waals surface area (Å²) in [6, 6.07) is 3.05. The molecule has 0 fully saturated rings. The summed E-state index contributed by atoms with van der Waals surface area (Å²) in [6.45, 7) is 4.06. The Balaban J connectivity index is 1.69. The first-order valence-electron chi connectivity index (χ1n) is 10.1. The quantitative estimate of drug-likeness (QED) is 0.288. The highest BCUT2D eigenvalue weighted by atomic mass is 35.5. The standard InChI is InChI=1S/C23H26Cl2FN3O2/c1-14-5-4-6-17(8-7-14)31-15(2)20(30-3)11-16-12-21(28-13-27-16)29-19-10-9-18(24)22(25)23(19)26/h5,9-11,13,17H,4,6-8,12H2,1-3H3,(H,27,28,29)/b16-11+,20-15-. The first-order valence-corrected chi connectivity index (χ1v) is 10.9. The maximum absolute atomic E-state index is 14.3. The van der Waals surface area contributed by atoms with Gasteiger partial charge in [0.1, 0.15) is 17.9 Å². The molecule has 0 radical (unpaired) electrons. The minimum absolute atomic E-state index is 0.131. The number of methoxy groups -OCH3 is 1. The van der Waals surface area contributed by atoms with Gasteiger partial charge >= 0.3 is 0 Å². The molecule has 1 N–H and O–H groups in total. The van der Waals surface area contributed by atoms with Gasteiger partial charge < -0.3 is 14.8 Å². The number of ether oxygens (including phenoxy) is 2. The second kappa shape index (κ2) is 10.8. The Morgan fingerprint density at radius 1 is 1.29 bits per heavy atom. The Hall–Kier alpha value is -2.31. The van der Waals surface area contributed by atoms with Crippen LogP contribution in [0.25, 0.3) is 0 Å². The Morgan fingerprint density at radius 2 is 2.10 bits per heavy atom. The molecule has 1 heterocycles. The van der Waals surface area contributed by atoms with E-state index in [1.807, 2.05) is 13.0 Å². The van der Waals surface area contributed by atoms with Crippen LogP contribution in [-0.4, -0.2) is 25.4 Å². The van der Waals surface area contributed by atoms with E-state index in [-0.39, 0.29) is 21.8 Å². The van der Waals surface area contributed by atoms with Gasteiger partial charge in [0.25, 0.3) is 0 Å². The third-order valence-corrected chi connectivity index (χ3v) is 5.93. The summed E-state index contributed by atoms with van der Waals surface area (Å²) in [5, 5.41) is 2.97. The number of hydrogen-bond donors (Lipinski definition) is 1. The van der Waals surface area contributed by atoms with Crippen LogP contribution in [0.5, 0.6) is 0 Å². The first kappa shape index (κ1) is 23.4. The molecule has 3 rings (SSSR count). The highest BCUT2D eigenvalue weighted by molar-refractivity contribution is 6.42. The van der Waals surface area contributed by atoms with Gasteiger partial charge in [-0.15, -0.1) is 0 Å². The molecule has 1 aromatic rings. The van der Waals surface area contributed by atoms with E-state index in [1.54, 1.807) is 7.11 Å². The van der Waals surface area contributed by atoms with Crippen molar-refractivity contribution in [2.75, 3.05) is 12.4 Å². The number of hydrogen-bond acceptors (Lipinski definition) is 5. The molecule has 0 saturated carbocycles. The fourth-order valence-corrected chi connectivity index (χ4v) is 3.72. The lowest BCUT2D eigenvalue weighted by Gasteiger charge is -2.19. The highest BCUT2D eigenvalue weighted by Crippen LogP contribution is 2.30. The minimum atomic E-state index is -0.625. The molecule has 2 aliphatic rings. The number of nitrogens with zero attached hydrogens (tertiary/aromatic N) is 2. The fourth-order valence-electron chi connectivity index (χ4n) is 3.41. The van der Waals surface area contributed by atoms with Gasteiger partial charge in [-0.2, -0.15) is 0 Å². The molecule has 0 spiro atoms. The maximum atomic E-state index is 14.3. The van der Waals surface area contributed by atoms with Crippen LogP contribution in [0, 0.1) is 5.82 Å². The maximum Gasteiger partial charge on any atom is 0.166 e. The van der Waals surface area contributed by atoms with Gasteiger partial charge in [0.05, 0.1) is 34.6 Å².